The van der Waals surface area contributed by atoms with Crippen LogP contribution in [0.25, 0.3) is 0 Å². The largest absolute Gasteiger partial charge is 0.486 e. The van der Waals surface area contributed by atoms with E-state index in [1.54, 1.807) is 24.3 Å². The van der Waals surface area contributed by atoms with Gasteiger partial charge in [-0.3, -0.25) is 4.79 Å². The first-order valence-corrected chi connectivity index (χ1v) is 11.7. The summed E-state index contributed by atoms with van der Waals surface area (Å²) in [4.78, 5) is 12.8. The van der Waals surface area contributed by atoms with Crippen LogP contribution in [0.3, 0.4) is 0 Å². The highest BCUT2D eigenvalue weighted by Gasteiger charge is 2.33. The highest BCUT2D eigenvalue weighted by molar-refractivity contribution is 7.89. The SMILES string of the molecule is O=C(Nc1cc(Cl)ccc1Cl)C1CCN(S(=O)(=O)c2ccc3c(c2)OCCO3)CC1. The zero-order valence-corrected chi connectivity index (χ0v) is 18.3. The summed E-state index contributed by atoms with van der Waals surface area (Å²) in [7, 11) is -3.69. The fourth-order valence-electron chi connectivity index (χ4n) is 3.52. The predicted molar refractivity (Wildman–Crippen MR) is 114 cm³/mol. The third-order valence-electron chi connectivity index (χ3n) is 5.16. The number of ether oxygens (including phenoxy) is 2. The smallest absolute Gasteiger partial charge is 0.243 e. The van der Waals surface area contributed by atoms with Crippen LogP contribution >= 0.6 is 23.2 Å². The molecule has 1 saturated heterocycles. The van der Waals surface area contributed by atoms with Crippen molar-refractivity contribution in [3.8, 4) is 11.5 Å². The van der Waals surface area contributed by atoms with E-state index < -0.39 is 10.0 Å². The highest BCUT2D eigenvalue weighted by atomic mass is 35.5. The lowest BCUT2D eigenvalue weighted by molar-refractivity contribution is -0.120. The maximum absolute atomic E-state index is 13.0. The summed E-state index contributed by atoms with van der Waals surface area (Å²) in [6.07, 6.45) is 0.821. The number of amides is 1. The number of anilines is 1. The summed E-state index contributed by atoms with van der Waals surface area (Å²) in [5.41, 5.74) is 0.445. The Bertz CT molecular complexity index is 1070. The summed E-state index contributed by atoms with van der Waals surface area (Å²) in [5, 5.41) is 3.65. The number of carbonyl (C=O) groups is 1. The number of nitrogens with zero attached hydrogens (tertiary/aromatic N) is 1. The maximum Gasteiger partial charge on any atom is 0.243 e. The molecule has 10 heteroatoms. The van der Waals surface area contributed by atoms with E-state index >= 15 is 0 Å². The second-order valence-corrected chi connectivity index (χ2v) is 9.88. The van der Waals surface area contributed by atoms with Crippen molar-refractivity contribution in [2.24, 2.45) is 5.92 Å². The van der Waals surface area contributed by atoms with Gasteiger partial charge in [-0.1, -0.05) is 23.2 Å². The van der Waals surface area contributed by atoms with Gasteiger partial charge in [0, 0.05) is 30.1 Å². The van der Waals surface area contributed by atoms with Crippen LogP contribution in [0, 0.1) is 5.92 Å². The van der Waals surface area contributed by atoms with Crippen molar-refractivity contribution in [1.29, 1.82) is 0 Å². The van der Waals surface area contributed by atoms with Gasteiger partial charge in [0.15, 0.2) is 11.5 Å². The number of hydrogen-bond acceptors (Lipinski definition) is 5. The van der Waals surface area contributed by atoms with Crippen LogP contribution in [0.15, 0.2) is 41.3 Å². The molecule has 0 aliphatic carbocycles. The molecule has 2 heterocycles. The number of fused-ring (bicyclic) bond motifs is 1. The molecule has 2 aromatic carbocycles. The van der Waals surface area contributed by atoms with E-state index in [4.69, 9.17) is 32.7 Å². The van der Waals surface area contributed by atoms with Crippen LogP contribution in [-0.4, -0.2) is 44.9 Å². The van der Waals surface area contributed by atoms with Gasteiger partial charge in [0.1, 0.15) is 13.2 Å². The molecule has 30 heavy (non-hydrogen) atoms. The number of benzene rings is 2. The number of piperidine rings is 1. The number of sulfonamides is 1. The van der Waals surface area contributed by atoms with Crippen LogP contribution in [0.5, 0.6) is 11.5 Å². The summed E-state index contributed by atoms with van der Waals surface area (Å²) in [5.74, 6) is 0.451. The Morgan fingerprint density at radius 2 is 1.70 bits per heavy atom. The van der Waals surface area contributed by atoms with E-state index in [0.717, 1.165) is 0 Å². The van der Waals surface area contributed by atoms with Gasteiger partial charge < -0.3 is 14.8 Å². The molecule has 160 valence electrons. The highest BCUT2D eigenvalue weighted by Crippen LogP contribution is 2.34. The normalized spacial score (nSPS) is 17.5. The van der Waals surface area contributed by atoms with Crippen LogP contribution in [0.4, 0.5) is 5.69 Å². The first kappa shape index (κ1) is 21.2. The van der Waals surface area contributed by atoms with Gasteiger partial charge in [0.2, 0.25) is 15.9 Å². The van der Waals surface area contributed by atoms with E-state index in [1.807, 2.05) is 0 Å². The van der Waals surface area contributed by atoms with Gasteiger partial charge in [0.25, 0.3) is 0 Å². The monoisotopic (exact) mass is 470 g/mol. The lowest BCUT2D eigenvalue weighted by atomic mass is 9.97. The molecule has 7 nitrogen and oxygen atoms in total. The summed E-state index contributed by atoms with van der Waals surface area (Å²) >= 11 is 12.1. The standard InChI is InChI=1S/C20H20Cl2N2O5S/c21-14-1-3-16(22)17(11-14)23-20(25)13-5-7-24(8-6-13)30(26,27)15-2-4-18-19(12-15)29-10-9-28-18/h1-4,11-13H,5-10H2,(H,23,25). The first-order chi connectivity index (χ1) is 14.3. The molecule has 0 spiro atoms. The summed E-state index contributed by atoms with van der Waals surface area (Å²) in [6, 6.07) is 9.45. The topological polar surface area (TPSA) is 84.9 Å². The quantitative estimate of drug-likeness (QED) is 0.734. The maximum atomic E-state index is 13.0. The molecule has 2 aliphatic rings. The number of rotatable bonds is 4. The lowest BCUT2D eigenvalue weighted by Gasteiger charge is -2.31. The molecule has 2 aliphatic heterocycles. The minimum Gasteiger partial charge on any atom is -0.486 e. The predicted octanol–water partition coefficient (Wildman–Crippen LogP) is 3.80. The van der Waals surface area contributed by atoms with Crippen LogP contribution in [-0.2, 0) is 14.8 Å². The van der Waals surface area contributed by atoms with Gasteiger partial charge in [0.05, 0.1) is 15.6 Å². The Balaban J connectivity index is 1.41. The average molecular weight is 471 g/mol. The average Bonchev–Trinajstić information content (AvgIpc) is 2.76. The molecular formula is C20H20Cl2N2O5S. The molecule has 0 atom stereocenters. The van der Waals surface area contributed by atoms with Crippen LogP contribution in [0.1, 0.15) is 12.8 Å². The van der Waals surface area contributed by atoms with Crippen molar-refractivity contribution in [3.63, 3.8) is 0 Å². The molecule has 0 unspecified atom stereocenters. The molecule has 1 fully saturated rings. The fraction of sp³-hybridized carbons (Fsp3) is 0.350. The van der Waals surface area contributed by atoms with Crippen LogP contribution in [0.2, 0.25) is 10.0 Å². The summed E-state index contributed by atoms with van der Waals surface area (Å²) < 4.78 is 38.4. The minimum absolute atomic E-state index is 0.153. The first-order valence-electron chi connectivity index (χ1n) is 9.50. The molecule has 1 N–H and O–H groups in total. The van der Waals surface area contributed by atoms with Gasteiger partial charge in [-0.25, -0.2) is 8.42 Å². The molecule has 4 rings (SSSR count). The number of halogens is 2. The van der Waals surface area contributed by atoms with Gasteiger partial charge in [-0.05, 0) is 43.2 Å². The Morgan fingerprint density at radius 1 is 1.00 bits per heavy atom. The summed E-state index contributed by atoms with van der Waals surface area (Å²) in [6.45, 7) is 1.32. The van der Waals surface area contributed by atoms with Gasteiger partial charge in [-0.15, -0.1) is 0 Å². The molecule has 1 amide bonds. The molecule has 0 bridgehead atoms. The molecule has 0 saturated carbocycles. The molecule has 0 aromatic heterocycles. The van der Waals surface area contributed by atoms with Crippen LogP contribution < -0.4 is 14.8 Å². The fourth-order valence-corrected chi connectivity index (χ4v) is 5.34. The van der Waals surface area contributed by atoms with Gasteiger partial charge >= 0.3 is 0 Å². The Hall–Kier alpha value is -2.00. The molecular weight excluding hydrogens is 451 g/mol. The number of hydrogen-bond donors (Lipinski definition) is 1. The second-order valence-electron chi connectivity index (χ2n) is 7.10. The Kier molecular flexibility index (Phi) is 6.11. The Morgan fingerprint density at radius 3 is 2.43 bits per heavy atom. The number of nitrogens with one attached hydrogen (secondary N) is 1. The minimum atomic E-state index is -3.69. The van der Waals surface area contributed by atoms with E-state index in [1.165, 1.54) is 16.4 Å². The Labute approximate surface area is 184 Å². The van der Waals surface area contributed by atoms with E-state index in [2.05, 4.69) is 5.32 Å². The van der Waals surface area contributed by atoms with Crippen molar-refractivity contribution in [2.75, 3.05) is 31.6 Å². The van der Waals surface area contributed by atoms with Crippen molar-refractivity contribution < 1.29 is 22.7 Å². The van der Waals surface area contributed by atoms with Crippen molar-refractivity contribution in [3.05, 3.63) is 46.4 Å². The van der Waals surface area contributed by atoms with E-state index in [-0.39, 0.29) is 29.8 Å². The second kappa shape index (κ2) is 8.63. The molecule has 0 radical (unpaired) electrons. The van der Waals surface area contributed by atoms with E-state index in [0.29, 0.717) is 53.3 Å². The zero-order valence-electron chi connectivity index (χ0n) is 15.9. The van der Waals surface area contributed by atoms with Crippen molar-refractivity contribution in [2.45, 2.75) is 17.7 Å². The third kappa shape index (κ3) is 4.37. The zero-order chi connectivity index (χ0) is 21.3. The third-order valence-corrected chi connectivity index (χ3v) is 7.62. The molecule has 2 aromatic rings. The lowest BCUT2D eigenvalue weighted by Crippen LogP contribution is -2.41. The van der Waals surface area contributed by atoms with E-state index in [9.17, 15) is 13.2 Å². The van der Waals surface area contributed by atoms with Gasteiger partial charge in [-0.2, -0.15) is 4.31 Å². The van der Waals surface area contributed by atoms with Crippen molar-refractivity contribution in [1.82, 2.24) is 4.31 Å². The van der Waals surface area contributed by atoms with Crippen molar-refractivity contribution >= 4 is 44.8 Å². The number of carbonyl (C=O) groups excluding carboxylic acids is 1.